The van der Waals surface area contributed by atoms with E-state index < -0.39 is 11.2 Å². The third kappa shape index (κ3) is 3.95. The molecule has 0 saturated carbocycles. The number of likely N-dealkylation sites (N-methyl/N-ethyl adjacent to an activating group) is 1. The molecule has 2 atom stereocenters. The van der Waals surface area contributed by atoms with Gasteiger partial charge in [0.05, 0.1) is 11.1 Å². The van der Waals surface area contributed by atoms with Gasteiger partial charge in [-0.2, -0.15) is 0 Å². The number of nitrogens with one attached hydrogen (secondary N) is 1. The first-order valence-electron chi connectivity index (χ1n) is 14.0. The number of fused-ring (bicyclic) bond motifs is 3. The predicted octanol–water partition coefficient (Wildman–Crippen LogP) is 4.14. The van der Waals surface area contributed by atoms with Crippen LogP contribution in [0.4, 0.5) is 10.1 Å². The van der Waals surface area contributed by atoms with E-state index in [4.69, 9.17) is 10.5 Å². The van der Waals surface area contributed by atoms with Crippen molar-refractivity contribution in [2.75, 3.05) is 38.1 Å². The van der Waals surface area contributed by atoms with E-state index >= 15 is 4.39 Å². The molecule has 0 radical (unpaired) electrons. The minimum Gasteiger partial charge on any atom is -0.451 e. The summed E-state index contributed by atoms with van der Waals surface area (Å²) in [5, 5.41) is 5.47. The molecule has 4 aromatic rings. The van der Waals surface area contributed by atoms with E-state index in [0.29, 0.717) is 42.3 Å². The molecular formula is C31H32FN5O3. The molecule has 3 aromatic carbocycles. The number of halogens is 1. The third-order valence-corrected chi connectivity index (χ3v) is 8.63. The minimum atomic E-state index is -0.560. The van der Waals surface area contributed by atoms with Gasteiger partial charge < -0.3 is 30.2 Å². The Labute approximate surface area is 231 Å². The Kier molecular flexibility index (Phi) is 6.01. The normalized spacial score (nSPS) is 20.3. The first-order valence-corrected chi connectivity index (χ1v) is 14.0. The summed E-state index contributed by atoms with van der Waals surface area (Å²) >= 11 is 0. The van der Waals surface area contributed by atoms with Gasteiger partial charge in [-0.25, -0.2) is 4.39 Å². The molecule has 1 aromatic heterocycles. The van der Waals surface area contributed by atoms with E-state index in [9.17, 15) is 9.59 Å². The Hall–Kier alpha value is -3.95. The maximum Gasteiger partial charge on any atom is 0.259 e. The molecule has 2 unspecified atom stereocenters. The van der Waals surface area contributed by atoms with Crippen LogP contribution in [0.25, 0.3) is 27.4 Å². The van der Waals surface area contributed by atoms with E-state index in [1.54, 1.807) is 18.1 Å². The molecule has 0 aliphatic carbocycles. The zero-order valence-electron chi connectivity index (χ0n) is 22.5. The molecule has 2 saturated heterocycles. The average molecular weight is 542 g/mol. The van der Waals surface area contributed by atoms with Crippen LogP contribution in [0.1, 0.15) is 36.0 Å². The van der Waals surface area contributed by atoms with Crippen LogP contribution in [0.15, 0.2) is 53.5 Å². The molecular weight excluding hydrogens is 509 g/mol. The Morgan fingerprint density at radius 3 is 2.73 bits per heavy atom. The topological polar surface area (TPSA) is 92.8 Å². The van der Waals surface area contributed by atoms with Crippen LogP contribution < -0.4 is 26.1 Å². The highest BCUT2D eigenvalue weighted by atomic mass is 19.1. The van der Waals surface area contributed by atoms with Crippen molar-refractivity contribution in [3.63, 3.8) is 0 Å². The van der Waals surface area contributed by atoms with Crippen LogP contribution in [0.5, 0.6) is 11.5 Å². The van der Waals surface area contributed by atoms with Gasteiger partial charge >= 0.3 is 0 Å². The minimum absolute atomic E-state index is 0.0153. The van der Waals surface area contributed by atoms with Crippen LogP contribution in [0.3, 0.4) is 0 Å². The number of aromatic nitrogens is 1. The fourth-order valence-corrected chi connectivity index (χ4v) is 6.41. The van der Waals surface area contributed by atoms with Crippen molar-refractivity contribution in [3.8, 4) is 17.2 Å². The van der Waals surface area contributed by atoms with Gasteiger partial charge in [0, 0.05) is 45.0 Å². The number of ether oxygens (including phenoxy) is 1. The molecule has 0 bridgehead atoms. The van der Waals surface area contributed by atoms with E-state index in [1.165, 1.54) is 6.07 Å². The van der Waals surface area contributed by atoms with Gasteiger partial charge in [-0.1, -0.05) is 30.7 Å². The van der Waals surface area contributed by atoms with Gasteiger partial charge in [-0.3, -0.25) is 9.59 Å². The Balaban J connectivity index is 1.47. The van der Waals surface area contributed by atoms with Crippen molar-refractivity contribution in [2.45, 2.75) is 37.8 Å². The summed E-state index contributed by atoms with van der Waals surface area (Å²) in [6, 6.07) is 13.0. The number of hydrogen-bond donors (Lipinski definition) is 2. The van der Waals surface area contributed by atoms with E-state index in [1.807, 2.05) is 45.9 Å². The van der Waals surface area contributed by atoms with Gasteiger partial charge in [-0.15, -0.1) is 0 Å². The monoisotopic (exact) mass is 541 g/mol. The Morgan fingerprint density at radius 2 is 1.95 bits per heavy atom. The summed E-state index contributed by atoms with van der Waals surface area (Å²) in [5.41, 5.74) is 7.14. The molecule has 3 aliphatic heterocycles. The lowest BCUT2D eigenvalue weighted by Crippen LogP contribution is -2.44. The summed E-state index contributed by atoms with van der Waals surface area (Å²) < 4.78 is 24.2. The van der Waals surface area contributed by atoms with Gasteiger partial charge in [0.2, 0.25) is 5.43 Å². The van der Waals surface area contributed by atoms with Crippen molar-refractivity contribution < 1.29 is 13.9 Å². The van der Waals surface area contributed by atoms with Crippen molar-refractivity contribution in [1.82, 2.24) is 14.8 Å². The number of pyridine rings is 1. The average Bonchev–Trinajstić information content (AvgIpc) is 3.20. The number of carbonyl (C=O) groups excluding carboxylic acids is 1. The molecule has 3 N–H and O–H groups in total. The Bertz CT molecular complexity index is 1730. The molecule has 206 valence electrons. The second kappa shape index (κ2) is 9.60. The molecule has 0 spiro atoms. The molecule has 2 fully saturated rings. The Morgan fingerprint density at radius 1 is 1.15 bits per heavy atom. The maximum absolute atomic E-state index is 15.9. The first-order chi connectivity index (χ1) is 19.4. The molecule has 40 heavy (non-hydrogen) atoms. The number of hydrogen-bond acceptors (Lipinski definition) is 6. The number of amides is 1. The zero-order valence-corrected chi connectivity index (χ0v) is 22.5. The van der Waals surface area contributed by atoms with Crippen LogP contribution in [-0.4, -0.2) is 60.7 Å². The largest absolute Gasteiger partial charge is 0.451 e. The quantitative estimate of drug-likeness (QED) is 0.357. The van der Waals surface area contributed by atoms with Gasteiger partial charge in [-0.05, 0) is 54.8 Å². The predicted molar refractivity (Wildman–Crippen MR) is 154 cm³/mol. The lowest BCUT2D eigenvalue weighted by molar-refractivity contribution is 0.0724. The number of benzene rings is 3. The highest BCUT2D eigenvalue weighted by Gasteiger charge is 2.34. The van der Waals surface area contributed by atoms with Gasteiger partial charge in [0.25, 0.3) is 5.91 Å². The first kappa shape index (κ1) is 25.0. The van der Waals surface area contributed by atoms with Crippen molar-refractivity contribution in [3.05, 3.63) is 70.3 Å². The molecule has 7 rings (SSSR count). The summed E-state index contributed by atoms with van der Waals surface area (Å²) in [7, 11) is 1.75. The van der Waals surface area contributed by atoms with E-state index in [-0.39, 0.29) is 34.7 Å². The summed E-state index contributed by atoms with van der Waals surface area (Å²) in [5.74, 6) is -0.110. The highest BCUT2D eigenvalue weighted by Crippen LogP contribution is 2.48. The van der Waals surface area contributed by atoms with Crippen molar-refractivity contribution in [1.29, 1.82) is 0 Å². The number of rotatable bonds is 3. The lowest BCUT2D eigenvalue weighted by atomic mass is 10.0. The van der Waals surface area contributed by atoms with Crippen LogP contribution >= 0.6 is 0 Å². The summed E-state index contributed by atoms with van der Waals surface area (Å²) in [6.45, 7) is 2.67. The molecule has 1 amide bonds. The second-order valence-corrected chi connectivity index (χ2v) is 11.2. The van der Waals surface area contributed by atoms with Crippen molar-refractivity contribution >= 4 is 33.3 Å². The zero-order chi connectivity index (χ0) is 27.5. The SMILES string of the molecule is CN(C(=O)c1cn2c3c(c(N4CCC(N)C4)c(F)cc3c1=O)Oc1cc3ccccc3cc1-2)C1CCCCNC1. The van der Waals surface area contributed by atoms with E-state index in [2.05, 4.69) is 5.32 Å². The molecule has 8 nitrogen and oxygen atoms in total. The molecule has 3 aliphatic rings. The smallest absolute Gasteiger partial charge is 0.259 e. The lowest BCUT2D eigenvalue weighted by Gasteiger charge is -2.30. The fourth-order valence-electron chi connectivity index (χ4n) is 6.41. The van der Waals surface area contributed by atoms with Crippen LogP contribution in [-0.2, 0) is 0 Å². The van der Waals surface area contributed by atoms with Crippen molar-refractivity contribution in [2.24, 2.45) is 5.73 Å². The maximum atomic E-state index is 15.9. The summed E-state index contributed by atoms with van der Waals surface area (Å²) in [4.78, 5) is 31.3. The van der Waals surface area contributed by atoms with Crippen LogP contribution in [0, 0.1) is 5.82 Å². The highest BCUT2D eigenvalue weighted by molar-refractivity contribution is 6.02. The standard InChI is InChI=1S/C31H32FN5O3/c1-35(21-8-4-5-10-34-15-21)31(39)23-17-37-25-12-18-6-2-3-7-19(18)13-26(25)40-30-27(37)22(29(23)38)14-24(32)28(30)36-11-9-20(33)16-36/h2-3,6-7,12-14,17,20-21,34H,4-5,8-11,15-16,33H2,1H3. The van der Waals surface area contributed by atoms with Gasteiger partial charge in [0.15, 0.2) is 17.3 Å². The second-order valence-electron chi connectivity index (χ2n) is 11.2. The number of nitrogens with zero attached hydrogens (tertiary/aromatic N) is 3. The molecule has 9 heteroatoms. The fraction of sp³-hybridized carbons (Fsp3) is 0.355. The third-order valence-electron chi connectivity index (χ3n) is 8.63. The van der Waals surface area contributed by atoms with Crippen LogP contribution in [0.2, 0.25) is 0 Å². The number of carbonyl (C=O) groups is 1. The number of nitrogens with two attached hydrogens (primary N) is 1. The van der Waals surface area contributed by atoms with E-state index in [0.717, 1.165) is 43.0 Å². The summed E-state index contributed by atoms with van der Waals surface area (Å²) in [6.07, 6.45) is 5.27. The molecule has 4 heterocycles. The van der Waals surface area contributed by atoms with Gasteiger partial charge in [0.1, 0.15) is 16.8 Å². The number of anilines is 1.